The van der Waals surface area contributed by atoms with Crippen LogP contribution in [0.4, 0.5) is 5.69 Å². The minimum absolute atomic E-state index is 0.102. The number of carbonyl (C=O) groups excluding carboxylic acids is 2. The number of hydrogen-bond donors (Lipinski definition) is 2. The van der Waals surface area contributed by atoms with E-state index >= 15 is 0 Å². The van der Waals surface area contributed by atoms with E-state index in [-0.39, 0.29) is 30.3 Å². The van der Waals surface area contributed by atoms with Gasteiger partial charge in [-0.1, -0.05) is 72.8 Å². The van der Waals surface area contributed by atoms with Crippen LogP contribution >= 0.6 is 15.9 Å². The Morgan fingerprint density at radius 2 is 1.55 bits per heavy atom. The van der Waals surface area contributed by atoms with Gasteiger partial charge in [0.2, 0.25) is 10.0 Å². The minimum atomic E-state index is -3.68. The van der Waals surface area contributed by atoms with E-state index in [1.165, 1.54) is 10.4 Å². The van der Waals surface area contributed by atoms with E-state index in [1.54, 1.807) is 24.3 Å². The average molecular weight is 711 g/mol. The largest absolute Gasteiger partial charge is 0.493 e. The van der Waals surface area contributed by atoms with E-state index in [4.69, 9.17) is 4.74 Å². The van der Waals surface area contributed by atoms with Gasteiger partial charge in [0.1, 0.15) is 5.75 Å². The second kappa shape index (κ2) is 13.8. The van der Waals surface area contributed by atoms with Crippen molar-refractivity contribution in [2.75, 3.05) is 23.7 Å². The Kier molecular flexibility index (Phi) is 9.42. The molecule has 1 aromatic heterocycles. The molecule has 2 N–H and O–H groups in total. The first-order valence-corrected chi connectivity index (χ1v) is 17.7. The quantitative estimate of drug-likeness (QED) is 0.130. The van der Waals surface area contributed by atoms with E-state index in [9.17, 15) is 18.0 Å². The molecule has 6 aromatic rings. The number of aromatic amines is 1. The molecule has 0 fully saturated rings. The van der Waals surface area contributed by atoms with Gasteiger partial charge >= 0.3 is 0 Å². The maximum absolute atomic E-state index is 13.2. The fourth-order valence-corrected chi connectivity index (χ4v) is 7.00. The van der Waals surface area contributed by atoms with Crippen molar-refractivity contribution in [2.24, 2.45) is 0 Å². The summed E-state index contributed by atoms with van der Waals surface area (Å²) >= 11 is 3.44. The highest BCUT2D eigenvalue weighted by atomic mass is 79.9. The van der Waals surface area contributed by atoms with E-state index < -0.39 is 10.0 Å². The summed E-state index contributed by atoms with van der Waals surface area (Å²) in [7, 11) is -3.68. The van der Waals surface area contributed by atoms with Crippen molar-refractivity contribution in [2.45, 2.75) is 13.0 Å². The maximum atomic E-state index is 13.2. The molecule has 0 radical (unpaired) electrons. The predicted molar refractivity (Wildman–Crippen MR) is 190 cm³/mol. The highest BCUT2D eigenvalue weighted by Crippen LogP contribution is 2.31. The molecule has 0 saturated heterocycles. The number of benzene rings is 5. The first-order chi connectivity index (χ1) is 22.7. The highest BCUT2D eigenvalue weighted by Gasteiger charge is 2.22. The van der Waals surface area contributed by atoms with Crippen molar-refractivity contribution < 1.29 is 22.7 Å². The lowest BCUT2D eigenvalue weighted by Crippen LogP contribution is -2.31. The molecule has 238 valence electrons. The maximum Gasteiger partial charge on any atom is 0.251 e. The van der Waals surface area contributed by atoms with Crippen LogP contribution in [-0.4, -0.2) is 44.5 Å². The van der Waals surface area contributed by atoms with Crippen LogP contribution in [0.15, 0.2) is 120 Å². The van der Waals surface area contributed by atoms with Gasteiger partial charge in [0.05, 0.1) is 37.2 Å². The number of halogens is 1. The second-order valence-electron chi connectivity index (χ2n) is 11.2. The minimum Gasteiger partial charge on any atom is -0.493 e. The summed E-state index contributed by atoms with van der Waals surface area (Å²) in [5, 5.41) is 5.02. The smallest absolute Gasteiger partial charge is 0.251 e. The number of para-hydroxylation sites is 1. The molecule has 10 heteroatoms. The highest BCUT2D eigenvalue weighted by molar-refractivity contribution is 9.10. The molecular formula is C37H32BrN3O5S. The number of rotatable bonds is 12. The van der Waals surface area contributed by atoms with Gasteiger partial charge in [0.25, 0.3) is 5.91 Å². The van der Waals surface area contributed by atoms with Gasteiger partial charge < -0.3 is 15.0 Å². The standard InChI is InChI=1S/C37H32BrN3O5S/c1-47(44,45)41(24-25-9-3-2-4-10-25)35-21-27(15-18-32(35)38)36(42)23-39-37(43)29-12-6-5-11-26(29)19-20-46-28-16-17-31-30-13-7-8-14-33(30)40-34(31)22-28/h2-18,21-22,40H,19-20,23-24H2,1H3,(H,39,43). The number of nitrogens with zero attached hydrogens (tertiary/aromatic N) is 1. The fraction of sp³-hybridized carbons (Fsp3) is 0.135. The van der Waals surface area contributed by atoms with Crippen LogP contribution in [0.25, 0.3) is 21.8 Å². The number of nitrogens with one attached hydrogen (secondary N) is 2. The van der Waals surface area contributed by atoms with Crippen molar-refractivity contribution in [3.8, 4) is 5.75 Å². The molecular weight excluding hydrogens is 678 g/mol. The van der Waals surface area contributed by atoms with Crippen LogP contribution in [0, 0.1) is 0 Å². The van der Waals surface area contributed by atoms with Crippen LogP contribution in [0.5, 0.6) is 5.75 Å². The van der Waals surface area contributed by atoms with E-state index in [0.29, 0.717) is 28.8 Å². The third kappa shape index (κ3) is 7.40. The Labute approximate surface area is 281 Å². The van der Waals surface area contributed by atoms with Gasteiger partial charge in [-0.15, -0.1) is 0 Å². The number of hydrogen-bond acceptors (Lipinski definition) is 5. The molecule has 6 rings (SSSR count). The van der Waals surface area contributed by atoms with Gasteiger partial charge in [0.15, 0.2) is 5.78 Å². The molecule has 0 atom stereocenters. The lowest BCUT2D eigenvalue weighted by molar-refractivity contribution is 0.0903. The number of ketones is 1. The van der Waals surface area contributed by atoms with Gasteiger partial charge in [-0.3, -0.25) is 13.9 Å². The van der Waals surface area contributed by atoms with Gasteiger partial charge in [-0.05, 0) is 63.5 Å². The van der Waals surface area contributed by atoms with Crippen molar-refractivity contribution in [3.63, 3.8) is 0 Å². The first kappa shape index (κ1) is 32.0. The summed E-state index contributed by atoms with van der Waals surface area (Å²) < 4.78 is 33.4. The van der Waals surface area contributed by atoms with Gasteiger partial charge in [0, 0.05) is 44.4 Å². The SMILES string of the molecule is CS(=O)(=O)N(Cc1ccccc1)c1cc(C(=O)CNC(=O)c2ccccc2CCOc2ccc3c(c2)[nH]c2ccccc23)ccc1Br. The van der Waals surface area contributed by atoms with Crippen molar-refractivity contribution in [1.82, 2.24) is 10.3 Å². The predicted octanol–water partition coefficient (Wildman–Crippen LogP) is 7.28. The molecule has 0 aliphatic carbocycles. The van der Waals surface area contributed by atoms with Crippen molar-refractivity contribution in [3.05, 3.63) is 142 Å². The molecule has 5 aromatic carbocycles. The summed E-state index contributed by atoms with van der Waals surface area (Å²) in [5.74, 6) is -0.00951. The Hall–Kier alpha value is -4.93. The topological polar surface area (TPSA) is 109 Å². The lowest BCUT2D eigenvalue weighted by Gasteiger charge is -2.24. The number of H-pyrrole nitrogens is 1. The number of aromatic nitrogens is 1. The molecule has 8 nitrogen and oxygen atoms in total. The van der Waals surface area contributed by atoms with Crippen LogP contribution in [0.3, 0.4) is 0 Å². The molecule has 0 bridgehead atoms. The second-order valence-corrected chi connectivity index (χ2v) is 13.9. The zero-order chi connectivity index (χ0) is 33.0. The molecule has 47 heavy (non-hydrogen) atoms. The Bertz CT molecular complexity index is 2200. The molecule has 0 spiro atoms. The van der Waals surface area contributed by atoms with Crippen LogP contribution < -0.4 is 14.4 Å². The van der Waals surface area contributed by atoms with E-state index in [0.717, 1.165) is 44.9 Å². The fourth-order valence-electron chi connectivity index (χ4n) is 5.53. The number of sulfonamides is 1. The lowest BCUT2D eigenvalue weighted by atomic mass is 10.0. The molecule has 0 aliphatic heterocycles. The number of Topliss-reactive ketones (excluding diaryl/α,β-unsaturated/α-hetero) is 1. The normalized spacial score (nSPS) is 11.4. The summed E-state index contributed by atoms with van der Waals surface area (Å²) in [5.41, 5.74) is 4.72. The van der Waals surface area contributed by atoms with Crippen molar-refractivity contribution >= 4 is 65.1 Å². The van der Waals surface area contributed by atoms with Gasteiger partial charge in [-0.25, -0.2) is 8.42 Å². The van der Waals surface area contributed by atoms with Crippen LogP contribution in [0.2, 0.25) is 0 Å². The van der Waals surface area contributed by atoms with E-state index in [2.05, 4.69) is 32.3 Å². The Morgan fingerprint density at radius 1 is 0.830 bits per heavy atom. The van der Waals surface area contributed by atoms with Crippen LogP contribution in [-0.2, 0) is 23.0 Å². The van der Waals surface area contributed by atoms with E-state index in [1.807, 2.05) is 78.9 Å². The molecule has 0 unspecified atom stereocenters. The van der Waals surface area contributed by atoms with Crippen LogP contribution in [0.1, 0.15) is 31.8 Å². The molecule has 1 amide bonds. The van der Waals surface area contributed by atoms with Gasteiger partial charge in [-0.2, -0.15) is 0 Å². The zero-order valence-electron chi connectivity index (χ0n) is 25.6. The monoisotopic (exact) mass is 709 g/mol. The number of fused-ring (bicyclic) bond motifs is 3. The zero-order valence-corrected chi connectivity index (χ0v) is 28.0. The third-order valence-corrected chi connectivity index (χ3v) is 9.69. The third-order valence-electron chi connectivity index (χ3n) is 7.90. The number of carbonyl (C=O) groups is 2. The Balaban J connectivity index is 1.10. The summed E-state index contributed by atoms with van der Waals surface area (Å²) in [6.45, 7) is 0.202. The molecule has 0 aliphatic rings. The Morgan fingerprint density at radius 3 is 2.36 bits per heavy atom. The summed E-state index contributed by atoms with van der Waals surface area (Å²) in [6, 6.07) is 35.3. The summed E-state index contributed by atoms with van der Waals surface area (Å²) in [6.07, 6.45) is 1.61. The summed E-state index contributed by atoms with van der Waals surface area (Å²) in [4.78, 5) is 29.9. The molecule has 1 heterocycles. The first-order valence-electron chi connectivity index (χ1n) is 15.0. The number of amides is 1. The average Bonchev–Trinajstić information content (AvgIpc) is 3.44. The molecule has 0 saturated carbocycles. The van der Waals surface area contributed by atoms with Crippen molar-refractivity contribution in [1.29, 1.82) is 0 Å². The number of anilines is 1. The number of ether oxygens (including phenoxy) is 1.